The molecule has 1 aromatic rings. The third-order valence-electron chi connectivity index (χ3n) is 2.14. The minimum atomic E-state index is 0.000278. The lowest BCUT2D eigenvalue weighted by Gasteiger charge is -2.18. The zero-order valence-corrected chi connectivity index (χ0v) is 11.3. The lowest BCUT2D eigenvalue weighted by molar-refractivity contribution is 0.203. The van der Waals surface area contributed by atoms with E-state index in [0.717, 1.165) is 22.4 Å². The third-order valence-corrected chi connectivity index (χ3v) is 4.07. The largest absolute Gasteiger partial charge is 0.333 e. The number of carbonyl (C=O) groups excluding carboxylic acids is 1. The van der Waals surface area contributed by atoms with Crippen LogP contribution in [0.4, 0.5) is 4.79 Å². The van der Waals surface area contributed by atoms with Gasteiger partial charge in [0.1, 0.15) is 0 Å². The molecule has 0 saturated heterocycles. The zero-order valence-electron chi connectivity index (χ0n) is 8.92. The quantitative estimate of drug-likeness (QED) is 0.908. The summed E-state index contributed by atoms with van der Waals surface area (Å²) in [7, 11) is 0. The summed E-state index contributed by atoms with van der Waals surface area (Å²) in [4.78, 5) is 14.5. The molecule has 0 radical (unpaired) electrons. The van der Waals surface area contributed by atoms with Gasteiger partial charge in [-0.1, -0.05) is 0 Å². The van der Waals surface area contributed by atoms with E-state index in [4.69, 9.17) is 0 Å². The number of rotatable bonds is 4. The van der Waals surface area contributed by atoms with E-state index in [2.05, 4.69) is 21.2 Å². The highest BCUT2D eigenvalue weighted by Gasteiger charge is 2.09. The van der Waals surface area contributed by atoms with Gasteiger partial charge in [-0.05, 0) is 41.2 Å². The number of carbonyl (C=O) groups is 1. The maximum absolute atomic E-state index is 11.6. The highest BCUT2D eigenvalue weighted by Crippen LogP contribution is 2.22. The Morgan fingerprint density at radius 1 is 1.53 bits per heavy atom. The van der Waals surface area contributed by atoms with E-state index in [-0.39, 0.29) is 6.03 Å². The van der Waals surface area contributed by atoms with Crippen molar-refractivity contribution in [2.45, 2.75) is 20.4 Å². The summed E-state index contributed by atoms with van der Waals surface area (Å²) in [5.74, 6) is 0. The second kappa shape index (κ2) is 6.12. The van der Waals surface area contributed by atoms with Gasteiger partial charge in [-0.2, -0.15) is 0 Å². The van der Waals surface area contributed by atoms with Crippen LogP contribution in [0.1, 0.15) is 18.7 Å². The Hall–Kier alpha value is -0.550. The van der Waals surface area contributed by atoms with Gasteiger partial charge < -0.3 is 10.2 Å². The summed E-state index contributed by atoms with van der Waals surface area (Å²) in [5.41, 5.74) is 0. The van der Waals surface area contributed by atoms with Crippen molar-refractivity contribution in [3.05, 3.63) is 20.8 Å². The van der Waals surface area contributed by atoms with Crippen LogP contribution in [0.2, 0.25) is 0 Å². The SMILES string of the molecule is CCN(CC)C(=O)NCc1sccc1Br. The van der Waals surface area contributed by atoms with Gasteiger partial charge in [0.2, 0.25) is 0 Å². The van der Waals surface area contributed by atoms with E-state index >= 15 is 0 Å². The molecular formula is C10H15BrN2OS. The molecule has 0 saturated carbocycles. The minimum absolute atomic E-state index is 0.000278. The molecule has 0 aromatic carbocycles. The molecule has 0 aliphatic carbocycles. The predicted octanol–water partition coefficient (Wildman–Crippen LogP) is 3.06. The topological polar surface area (TPSA) is 32.3 Å². The predicted molar refractivity (Wildman–Crippen MR) is 67.2 cm³/mol. The van der Waals surface area contributed by atoms with E-state index in [1.54, 1.807) is 16.2 Å². The zero-order chi connectivity index (χ0) is 11.3. The van der Waals surface area contributed by atoms with Gasteiger partial charge in [-0.25, -0.2) is 4.79 Å². The lowest BCUT2D eigenvalue weighted by Crippen LogP contribution is -2.39. The molecule has 1 aromatic heterocycles. The molecule has 1 N–H and O–H groups in total. The van der Waals surface area contributed by atoms with Crippen LogP contribution < -0.4 is 5.32 Å². The molecular weight excluding hydrogens is 276 g/mol. The first-order valence-corrected chi connectivity index (χ1v) is 6.60. The smallest absolute Gasteiger partial charge is 0.317 e. The molecule has 0 aliphatic rings. The highest BCUT2D eigenvalue weighted by atomic mass is 79.9. The molecule has 0 aliphatic heterocycles. The molecule has 0 spiro atoms. The standard InChI is InChI=1S/C10H15BrN2OS/c1-3-13(4-2)10(14)12-7-9-8(11)5-6-15-9/h5-6H,3-4,7H2,1-2H3,(H,12,14). The van der Waals surface area contributed by atoms with Crippen LogP contribution in [-0.4, -0.2) is 24.0 Å². The summed E-state index contributed by atoms with van der Waals surface area (Å²) in [6.07, 6.45) is 0. The fraction of sp³-hybridized carbons (Fsp3) is 0.500. The Bertz CT molecular complexity index is 323. The average Bonchev–Trinajstić information content (AvgIpc) is 2.63. The first-order chi connectivity index (χ1) is 7.19. The van der Waals surface area contributed by atoms with E-state index in [9.17, 15) is 4.79 Å². The monoisotopic (exact) mass is 290 g/mol. The van der Waals surface area contributed by atoms with Crippen molar-refractivity contribution in [1.82, 2.24) is 10.2 Å². The minimum Gasteiger partial charge on any atom is -0.333 e. The number of hydrogen-bond donors (Lipinski definition) is 1. The van der Waals surface area contributed by atoms with E-state index in [0.29, 0.717) is 6.54 Å². The summed E-state index contributed by atoms with van der Waals surface area (Å²) in [5, 5.41) is 4.90. The Morgan fingerprint density at radius 2 is 2.20 bits per heavy atom. The second-order valence-electron chi connectivity index (χ2n) is 3.02. The fourth-order valence-electron chi connectivity index (χ4n) is 1.23. The van der Waals surface area contributed by atoms with Crippen LogP contribution in [0.25, 0.3) is 0 Å². The van der Waals surface area contributed by atoms with E-state index < -0.39 is 0 Å². The normalized spacial score (nSPS) is 10.1. The number of urea groups is 1. The molecule has 5 heteroatoms. The fourth-order valence-corrected chi connectivity index (χ4v) is 2.66. The van der Waals surface area contributed by atoms with Gasteiger partial charge in [0.15, 0.2) is 0 Å². The van der Waals surface area contributed by atoms with Crippen LogP contribution in [0, 0.1) is 0 Å². The second-order valence-corrected chi connectivity index (χ2v) is 4.88. The van der Waals surface area contributed by atoms with Gasteiger partial charge in [-0.3, -0.25) is 0 Å². The van der Waals surface area contributed by atoms with Crippen molar-refractivity contribution >= 4 is 33.3 Å². The van der Waals surface area contributed by atoms with E-state index in [1.807, 2.05) is 25.3 Å². The molecule has 84 valence electrons. The molecule has 0 unspecified atom stereocenters. The van der Waals surface area contributed by atoms with Crippen molar-refractivity contribution in [3.63, 3.8) is 0 Å². The van der Waals surface area contributed by atoms with Crippen molar-refractivity contribution in [2.24, 2.45) is 0 Å². The summed E-state index contributed by atoms with van der Waals surface area (Å²) in [6.45, 7) is 6.03. The Labute approximate surface area is 103 Å². The van der Waals surface area contributed by atoms with Crippen LogP contribution in [0.5, 0.6) is 0 Å². The van der Waals surface area contributed by atoms with Crippen LogP contribution in [0.15, 0.2) is 15.9 Å². The number of thiophene rings is 1. The van der Waals surface area contributed by atoms with Gasteiger partial charge >= 0.3 is 6.03 Å². The summed E-state index contributed by atoms with van der Waals surface area (Å²) >= 11 is 5.07. The van der Waals surface area contributed by atoms with Crippen LogP contribution in [0.3, 0.4) is 0 Å². The van der Waals surface area contributed by atoms with Gasteiger partial charge in [0.25, 0.3) is 0 Å². The number of amides is 2. The number of nitrogens with zero attached hydrogens (tertiary/aromatic N) is 1. The summed E-state index contributed by atoms with van der Waals surface area (Å²) < 4.78 is 1.06. The summed E-state index contributed by atoms with van der Waals surface area (Å²) in [6, 6.07) is 1.99. The number of halogens is 1. The maximum Gasteiger partial charge on any atom is 0.317 e. The average molecular weight is 291 g/mol. The van der Waals surface area contributed by atoms with Crippen LogP contribution in [-0.2, 0) is 6.54 Å². The molecule has 3 nitrogen and oxygen atoms in total. The molecule has 0 bridgehead atoms. The van der Waals surface area contributed by atoms with Gasteiger partial charge in [0, 0.05) is 22.4 Å². The van der Waals surface area contributed by atoms with E-state index in [1.165, 1.54) is 0 Å². The van der Waals surface area contributed by atoms with Crippen molar-refractivity contribution < 1.29 is 4.79 Å². The molecule has 15 heavy (non-hydrogen) atoms. The molecule has 1 rings (SSSR count). The third kappa shape index (κ3) is 3.50. The van der Waals surface area contributed by atoms with Gasteiger partial charge in [0.05, 0.1) is 6.54 Å². The molecule has 1 heterocycles. The first-order valence-electron chi connectivity index (χ1n) is 4.93. The Balaban J connectivity index is 2.43. The first kappa shape index (κ1) is 12.5. The van der Waals surface area contributed by atoms with Crippen LogP contribution >= 0.6 is 27.3 Å². The Kier molecular flexibility index (Phi) is 5.11. The van der Waals surface area contributed by atoms with Crippen molar-refractivity contribution in [3.8, 4) is 0 Å². The Morgan fingerprint density at radius 3 is 2.67 bits per heavy atom. The highest BCUT2D eigenvalue weighted by molar-refractivity contribution is 9.10. The maximum atomic E-state index is 11.6. The lowest BCUT2D eigenvalue weighted by atomic mass is 10.4. The van der Waals surface area contributed by atoms with Crippen molar-refractivity contribution in [1.29, 1.82) is 0 Å². The molecule has 0 fully saturated rings. The van der Waals surface area contributed by atoms with Crippen molar-refractivity contribution in [2.75, 3.05) is 13.1 Å². The van der Waals surface area contributed by atoms with Gasteiger partial charge in [-0.15, -0.1) is 11.3 Å². The number of nitrogens with one attached hydrogen (secondary N) is 1. The molecule has 2 amide bonds. The molecule has 0 atom stereocenters. The number of hydrogen-bond acceptors (Lipinski definition) is 2.